The topological polar surface area (TPSA) is 115 Å². The number of nitrogens with one attached hydrogen (secondary N) is 2. The second-order valence-corrected chi connectivity index (χ2v) is 7.41. The zero-order chi connectivity index (χ0) is 22.7. The van der Waals surface area contributed by atoms with E-state index in [-0.39, 0.29) is 28.5 Å². The Morgan fingerprint density at radius 1 is 1.28 bits per heavy atom. The number of aryl methyl sites for hydroxylation is 2. The molecule has 2 N–H and O–H groups in total. The van der Waals surface area contributed by atoms with E-state index in [0.717, 1.165) is 5.56 Å². The second kappa shape index (κ2) is 9.19. The third kappa shape index (κ3) is 4.06. The molecule has 0 atom stereocenters. The Morgan fingerprint density at radius 3 is 2.88 bits per heavy atom. The summed E-state index contributed by atoms with van der Waals surface area (Å²) in [5.74, 6) is 0.138. The molecule has 9 nitrogen and oxygen atoms in total. The van der Waals surface area contributed by atoms with Gasteiger partial charge in [0.2, 0.25) is 0 Å². The fourth-order valence-corrected chi connectivity index (χ4v) is 3.63. The van der Waals surface area contributed by atoms with E-state index in [0.29, 0.717) is 43.2 Å². The number of carbonyl (C=O) groups excluding carboxylic acids is 1. The van der Waals surface area contributed by atoms with Crippen molar-refractivity contribution in [3.63, 3.8) is 0 Å². The second-order valence-electron chi connectivity index (χ2n) is 7.41. The molecule has 0 fully saturated rings. The lowest BCUT2D eigenvalue weighted by molar-refractivity contribution is 0.0945. The van der Waals surface area contributed by atoms with Gasteiger partial charge in [-0.25, -0.2) is 4.98 Å². The summed E-state index contributed by atoms with van der Waals surface area (Å²) in [5, 5.41) is 11.8. The molecule has 0 radical (unpaired) electrons. The minimum Gasteiger partial charge on any atom is -0.467 e. The van der Waals surface area contributed by atoms with Crippen molar-refractivity contribution in [3.8, 4) is 0 Å². The largest absolute Gasteiger partial charge is 0.467 e. The molecule has 0 spiro atoms. The molecule has 0 aliphatic carbocycles. The molecule has 4 rings (SSSR count). The summed E-state index contributed by atoms with van der Waals surface area (Å²) in [6, 6.07) is 8.60. The number of carbonyl (C=O) groups is 1. The molecule has 4 aromatic rings. The summed E-state index contributed by atoms with van der Waals surface area (Å²) in [5.41, 5.74) is 1.57. The highest BCUT2D eigenvalue weighted by Gasteiger charge is 2.18. The van der Waals surface area contributed by atoms with Gasteiger partial charge in [0.25, 0.3) is 11.5 Å². The molecule has 1 amide bonds. The van der Waals surface area contributed by atoms with Crippen LogP contribution in [0, 0.1) is 12.3 Å². The standard InChI is InChI=1S/C23H25N5O4/c1-3-31-11-6-10-27-19(24)17(22(29)25-14-16-8-5-12-32-16)13-18-21(27)26-20-15(2)7-4-9-28(20)23(18)30/h4-5,7-9,12-13,24H,3,6,10-11,14H2,1-2H3,(H,25,29). The average Bonchev–Trinajstić information content (AvgIpc) is 3.31. The molecular formula is C23H25N5O4. The molecule has 0 aromatic carbocycles. The van der Waals surface area contributed by atoms with E-state index in [4.69, 9.17) is 19.5 Å². The highest BCUT2D eigenvalue weighted by atomic mass is 16.5. The summed E-state index contributed by atoms with van der Waals surface area (Å²) in [6.45, 7) is 5.47. The molecule has 9 heteroatoms. The first kappa shape index (κ1) is 21.5. The molecule has 0 saturated heterocycles. The van der Waals surface area contributed by atoms with Gasteiger partial charge in [-0.2, -0.15) is 0 Å². The van der Waals surface area contributed by atoms with Crippen LogP contribution in [0.2, 0.25) is 0 Å². The summed E-state index contributed by atoms with van der Waals surface area (Å²) in [4.78, 5) is 30.9. The number of aromatic nitrogens is 3. The highest BCUT2D eigenvalue weighted by molar-refractivity contribution is 5.96. The summed E-state index contributed by atoms with van der Waals surface area (Å²) >= 11 is 0. The predicted molar refractivity (Wildman–Crippen MR) is 119 cm³/mol. The molecule has 32 heavy (non-hydrogen) atoms. The van der Waals surface area contributed by atoms with Crippen LogP contribution in [0.4, 0.5) is 0 Å². The van der Waals surface area contributed by atoms with Crippen molar-refractivity contribution in [1.82, 2.24) is 19.3 Å². The lowest BCUT2D eigenvalue weighted by Crippen LogP contribution is -2.35. The zero-order valence-electron chi connectivity index (χ0n) is 18.1. The normalized spacial score (nSPS) is 11.3. The predicted octanol–water partition coefficient (Wildman–Crippen LogP) is 2.39. The number of ether oxygens (including phenoxy) is 1. The number of pyridine rings is 2. The quantitative estimate of drug-likeness (QED) is 0.326. The number of hydrogen-bond donors (Lipinski definition) is 2. The Hall–Kier alpha value is -3.72. The van der Waals surface area contributed by atoms with Gasteiger partial charge in [-0.3, -0.25) is 19.4 Å². The van der Waals surface area contributed by atoms with E-state index in [9.17, 15) is 9.59 Å². The zero-order valence-corrected chi connectivity index (χ0v) is 18.1. The Labute approximate surface area is 183 Å². The Kier molecular flexibility index (Phi) is 6.18. The lowest BCUT2D eigenvalue weighted by Gasteiger charge is -2.15. The van der Waals surface area contributed by atoms with Gasteiger partial charge in [0.05, 0.1) is 23.8 Å². The number of nitrogens with zero attached hydrogens (tertiary/aromatic N) is 3. The van der Waals surface area contributed by atoms with Gasteiger partial charge in [-0.1, -0.05) is 6.07 Å². The molecule has 0 aliphatic rings. The highest BCUT2D eigenvalue weighted by Crippen LogP contribution is 2.13. The van der Waals surface area contributed by atoms with Crippen LogP contribution in [0.5, 0.6) is 0 Å². The Morgan fingerprint density at radius 2 is 2.12 bits per heavy atom. The fraction of sp³-hybridized carbons (Fsp3) is 0.304. The van der Waals surface area contributed by atoms with Crippen LogP contribution in [0.3, 0.4) is 0 Å². The number of amides is 1. The molecule has 0 unspecified atom stereocenters. The van der Waals surface area contributed by atoms with Crippen molar-refractivity contribution in [3.05, 3.63) is 75.5 Å². The molecule has 0 aliphatic heterocycles. The maximum absolute atomic E-state index is 13.3. The first-order valence-electron chi connectivity index (χ1n) is 10.5. The smallest absolute Gasteiger partial charge is 0.267 e. The van der Waals surface area contributed by atoms with Crippen LogP contribution in [0.25, 0.3) is 16.7 Å². The van der Waals surface area contributed by atoms with E-state index in [1.165, 1.54) is 16.7 Å². The first-order chi connectivity index (χ1) is 15.5. The van der Waals surface area contributed by atoms with Crippen molar-refractivity contribution < 1.29 is 13.9 Å². The van der Waals surface area contributed by atoms with Crippen molar-refractivity contribution in [2.24, 2.45) is 0 Å². The summed E-state index contributed by atoms with van der Waals surface area (Å²) < 4.78 is 13.8. The van der Waals surface area contributed by atoms with Gasteiger partial charge in [-0.15, -0.1) is 0 Å². The van der Waals surface area contributed by atoms with Crippen LogP contribution in [-0.4, -0.2) is 33.1 Å². The van der Waals surface area contributed by atoms with Gasteiger partial charge >= 0.3 is 0 Å². The van der Waals surface area contributed by atoms with Crippen LogP contribution < -0.4 is 16.4 Å². The van der Waals surface area contributed by atoms with Gasteiger partial charge < -0.3 is 19.0 Å². The molecule has 0 saturated carbocycles. The maximum Gasteiger partial charge on any atom is 0.267 e. The minimum absolute atomic E-state index is 0.00391. The summed E-state index contributed by atoms with van der Waals surface area (Å²) in [6.07, 6.45) is 3.80. The lowest BCUT2D eigenvalue weighted by atomic mass is 10.2. The Balaban J connectivity index is 1.85. The van der Waals surface area contributed by atoms with Gasteiger partial charge in [-0.05, 0) is 50.1 Å². The van der Waals surface area contributed by atoms with Crippen LogP contribution >= 0.6 is 0 Å². The number of furan rings is 1. The number of hydrogen-bond acceptors (Lipinski definition) is 6. The van der Waals surface area contributed by atoms with Gasteiger partial charge in [0.15, 0.2) is 0 Å². The minimum atomic E-state index is -0.458. The number of fused-ring (bicyclic) bond motifs is 2. The van der Waals surface area contributed by atoms with E-state index in [1.54, 1.807) is 29.0 Å². The maximum atomic E-state index is 13.3. The molecule has 166 valence electrons. The molecule has 0 bridgehead atoms. The fourth-order valence-electron chi connectivity index (χ4n) is 3.63. The molecule has 4 aromatic heterocycles. The first-order valence-corrected chi connectivity index (χ1v) is 10.5. The van der Waals surface area contributed by atoms with Crippen LogP contribution in [0.15, 0.2) is 52.0 Å². The Bertz CT molecular complexity index is 1390. The number of rotatable bonds is 8. The third-order valence-electron chi connectivity index (χ3n) is 5.26. The van der Waals surface area contributed by atoms with Crippen molar-refractivity contribution in [2.45, 2.75) is 33.4 Å². The average molecular weight is 435 g/mol. The van der Waals surface area contributed by atoms with Crippen molar-refractivity contribution in [2.75, 3.05) is 13.2 Å². The van der Waals surface area contributed by atoms with Gasteiger partial charge in [0, 0.05) is 26.0 Å². The monoisotopic (exact) mass is 435 g/mol. The summed E-state index contributed by atoms with van der Waals surface area (Å²) in [7, 11) is 0. The van der Waals surface area contributed by atoms with E-state index in [2.05, 4.69) is 5.32 Å². The molecular weight excluding hydrogens is 410 g/mol. The van der Waals surface area contributed by atoms with E-state index < -0.39 is 5.91 Å². The van der Waals surface area contributed by atoms with Gasteiger partial charge in [0.1, 0.15) is 22.5 Å². The molecule has 4 heterocycles. The van der Waals surface area contributed by atoms with E-state index >= 15 is 0 Å². The van der Waals surface area contributed by atoms with Crippen LogP contribution in [-0.2, 0) is 17.8 Å². The van der Waals surface area contributed by atoms with Crippen molar-refractivity contribution in [1.29, 1.82) is 5.41 Å². The SMILES string of the molecule is CCOCCCn1c(=N)c(C(=O)NCc2ccco2)cc2c(=O)n3cccc(C)c3nc21. The van der Waals surface area contributed by atoms with E-state index in [1.807, 2.05) is 19.9 Å². The third-order valence-corrected chi connectivity index (χ3v) is 5.26. The van der Waals surface area contributed by atoms with Crippen molar-refractivity contribution >= 4 is 22.6 Å². The van der Waals surface area contributed by atoms with Crippen LogP contribution in [0.1, 0.15) is 35.0 Å².